The molecule has 0 N–H and O–H groups in total. The van der Waals surface area contributed by atoms with Gasteiger partial charge in [0.05, 0.1) is 4.92 Å². The topological polar surface area (TPSA) is 60.2 Å². The molecule has 0 aliphatic heterocycles. The van der Waals surface area contributed by atoms with Crippen molar-refractivity contribution in [1.82, 2.24) is 0 Å². The van der Waals surface area contributed by atoms with E-state index in [2.05, 4.69) is 0 Å². The lowest BCUT2D eigenvalue weighted by Crippen LogP contribution is -2.03. The lowest BCUT2D eigenvalue weighted by molar-refractivity contribution is -0.385. The largest absolute Gasteiger partial charge is 0.289 e. The van der Waals surface area contributed by atoms with E-state index in [1.807, 2.05) is 19.1 Å². The van der Waals surface area contributed by atoms with Gasteiger partial charge in [-0.2, -0.15) is 0 Å². The van der Waals surface area contributed by atoms with Crippen LogP contribution in [-0.2, 0) is 0 Å². The van der Waals surface area contributed by atoms with Crippen LogP contribution < -0.4 is 0 Å². The lowest BCUT2D eigenvalue weighted by atomic mass is 10.0. The lowest BCUT2D eigenvalue weighted by Gasteiger charge is -2.03. The highest BCUT2D eigenvalue weighted by molar-refractivity contribution is 6.09. The fourth-order valence-electron chi connectivity index (χ4n) is 1.82. The number of carbonyl (C=O) groups is 1. The predicted octanol–water partition coefficient (Wildman–Crippen LogP) is 3.44. The first-order chi connectivity index (χ1) is 8.99. The summed E-state index contributed by atoms with van der Waals surface area (Å²) in [5.41, 5.74) is 2.44. The Kier molecular flexibility index (Phi) is 3.42. The average Bonchev–Trinajstić information content (AvgIpc) is 2.39. The normalized spacial score (nSPS) is 10.2. The van der Waals surface area contributed by atoms with Crippen molar-refractivity contribution in [2.45, 2.75) is 13.8 Å². The summed E-state index contributed by atoms with van der Waals surface area (Å²) >= 11 is 0. The zero-order chi connectivity index (χ0) is 14.0. The monoisotopic (exact) mass is 255 g/mol. The summed E-state index contributed by atoms with van der Waals surface area (Å²) in [4.78, 5) is 22.6. The molecule has 0 aliphatic carbocycles. The van der Waals surface area contributed by atoms with Gasteiger partial charge in [-0.25, -0.2) is 0 Å². The Morgan fingerprint density at radius 3 is 2.16 bits per heavy atom. The molecule has 4 nitrogen and oxygen atoms in total. The van der Waals surface area contributed by atoms with Gasteiger partial charge in [-0.15, -0.1) is 0 Å². The molecule has 0 atom stereocenters. The number of aryl methyl sites for hydroxylation is 2. The smallest absolute Gasteiger partial charge is 0.273 e. The van der Waals surface area contributed by atoms with E-state index in [9.17, 15) is 14.9 Å². The number of hydrogen-bond donors (Lipinski definition) is 0. The minimum absolute atomic E-state index is 0.0297. The van der Waals surface area contributed by atoms with Crippen LogP contribution in [-0.4, -0.2) is 10.7 Å². The van der Waals surface area contributed by atoms with Crippen molar-refractivity contribution >= 4 is 11.5 Å². The van der Waals surface area contributed by atoms with Crippen molar-refractivity contribution in [3.63, 3.8) is 0 Å². The molecular weight excluding hydrogens is 242 g/mol. The highest BCUT2D eigenvalue weighted by Crippen LogP contribution is 2.21. The quantitative estimate of drug-likeness (QED) is 0.479. The van der Waals surface area contributed by atoms with Crippen LogP contribution in [0.3, 0.4) is 0 Å². The molecule has 0 aromatic heterocycles. The maximum absolute atomic E-state index is 12.2. The summed E-state index contributed by atoms with van der Waals surface area (Å²) in [5.74, 6) is -0.205. The first-order valence-corrected chi connectivity index (χ1v) is 5.85. The Hall–Kier alpha value is -2.49. The Balaban J connectivity index is 2.42. The van der Waals surface area contributed by atoms with Gasteiger partial charge in [-0.05, 0) is 13.8 Å². The molecule has 0 unspecified atom stereocenters. The molecule has 96 valence electrons. The molecular formula is C15H13NO3. The number of hydrogen-bond acceptors (Lipinski definition) is 3. The number of carbonyl (C=O) groups excluding carboxylic acids is 1. The summed E-state index contributed by atoms with van der Waals surface area (Å²) in [7, 11) is 0. The van der Waals surface area contributed by atoms with Gasteiger partial charge >= 0.3 is 0 Å². The minimum Gasteiger partial charge on any atom is -0.289 e. The van der Waals surface area contributed by atoms with Crippen LogP contribution >= 0.6 is 0 Å². The molecule has 0 aliphatic rings. The fraction of sp³-hybridized carbons (Fsp3) is 0.133. The summed E-state index contributed by atoms with van der Waals surface area (Å²) in [6.07, 6.45) is 0. The number of benzene rings is 2. The highest BCUT2D eigenvalue weighted by atomic mass is 16.6. The van der Waals surface area contributed by atoms with Crippen LogP contribution in [0.2, 0.25) is 0 Å². The van der Waals surface area contributed by atoms with Crippen LogP contribution in [0.25, 0.3) is 0 Å². The maximum Gasteiger partial charge on any atom is 0.273 e. The molecule has 19 heavy (non-hydrogen) atoms. The third kappa shape index (κ3) is 2.68. The molecule has 4 heteroatoms. The molecule has 0 bridgehead atoms. The number of rotatable bonds is 3. The molecule has 2 aromatic carbocycles. The molecule has 0 radical (unpaired) electrons. The molecule has 0 heterocycles. The molecule has 2 rings (SSSR count). The van der Waals surface area contributed by atoms with Gasteiger partial charge in [-0.3, -0.25) is 14.9 Å². The van der Waals surface area contributed by atoms with E-state index in [-0.39, 0.29) is 11.5 Å². The molecule has 0 amide bonds. The van der Waals surface area contributed by atoms with Gasteiger partial charge in [0.2, 0.25) is 0 Å². The van der Waals surface area contributed by atoms with Crippen molar-refractivity contribution in [3.8, 4) is 0 Å². The molecule has 0 spiro atoms. The zero-order valence-corrected chi connectivity index (χ0v) is 10.7. The van der Waals surface area contributed by atoms with Crippen molar-refractivity contribution in [1.29, 1.82) is 0 Å². The number of ketones is 1. The van der Waals surface area contributed by atoms with Gasteiger partial charge in [0.25, 0.3) is 5.69 Å². The van der Waals surface area contributed by atoms with Crippen LogP contribution in [0.4, 0.5) is 5.69 Å². The SMILES string of the molecule is Cc1ccc(C(=O)c2ccc(C)c([N+](=O)[O-])c2)cc1. The van der Waals surface area contributed by atoms with Gasteiger partial charge in [0.1, 0.15) is 0 Å². The first kappa shape index (κ1) is 13.0. The third-order valence-electron chi connectivity index (χ3n) is 2.98. The highest BCUT2D eigenvalue weighted by Gasteiger charge is 2.15. The van der Waals surface area contributed by atoms with Gasteiger partial charge in [0, 0.05) is 22.8 Å². The van der Waals surface area contributed by atoms with E-state index in [1.165, 1.54) is 6.07 Å². The summed E-state index contributed by atoms with van der Waals surface area (Å²) in [6.45, 7) is 3.59. The number of nitro groups is 1. The van der Waals surface area contributed by atoms with Crippen molar-refractivity contribution in [3.05, 3.63) is 74.8 Å². The van der Waals surface area contributed by atoms with Crippen molar-refractivity contribution in [2.75, 3.05) is 0 Å². The molecule has 2 aromatic rings. The predicted molar refractivity (Wildman–Crippen MR) is 72.4 cm³/mol. The molecule has 0 saturated heterocycles. The Morgan fingerprint density at radius 2 is 1.58 bits per heavy atom. The summed E-state index contributed by atoms with van der Waals surface area (Å²) < 4.78 is 0. The molecule has 0 saturated carbocycles. The zero-order valence-electron chi connectivity index (χ0n) is 10.7. The maximum atomic E-state index is 12.2. The van der Waals surface area contributed by atoms with Crippen molar-refractivity contribution in [2.24, 2.45) is 0 Å². The Morgan fingerprint density at radius 1 is 1.00 bits per heavy atom. The van der Waals surface area contributed by atoms with Crippen molar-refractivity contribution < 1.29 is 9.72 Å². The third-order valence-corrected chi connectivity index (χ3v) is 2.98. The first-order valence-electron chi connectivity index (χ1n) is 5.85. The average molecular weight is 255 g/mol. The Bertz CT molecular complexity index is 645. The van der Waals surface area contributed by atoms with Gasteiger partial charge in [-0.1, -0.05) is 42.0 Å². The van der Waals surface area contributed by atoms with E-state index in [1.54, 1.807) is 31.2 Å². The van der Waals surface area contributed by atoms with Gasteiger partial charge in [0.15, 0.2) is 5.78 Å². The van der Waals surface area contributed by atoms with E-state index in [0.717, 1.165) is 5.56 Å². The van der Waals surface area contributed by atoms with Crippen LogP contribution in [0.1, 0.15) is 27.0 Å². The number of nitro benzene ring substituents is 1. The summed E-state index contributed by atoms with van der Waals surface area (Å²) in [5, 5.41) is 10.9. The van der Waals surface area contributed by atoms with Crippen LogP contribution in [0, 0.1) is 24.0 Å². The number of nitrogens with zero attached hydrogens (tertiary/aromatic N) is 1. The second kappa shape index (κ2) is 5.02. The molecule has 0 fully saturated rings. The van der Waals surface area contributed by atoms with E-state index in [0.29, 0.717) is 16.7 Å². The Labute approximate surface area is 110 Å². The fourth-order valence-corrected chi connectivity index (χ4v) is 1.82. The second-order valence-corrected chi connectivity index (χ2v) is 4.45. The van der Waals surface area contributed by atoms with Gasteiger partial charge < -0.3 is 0 Å². The standard InChI is InChI=1S/C15H13NO3/c1-10-3-6-12(7-4-10)15(17)13-8-5-11(2)14(9-13)16(18)19/h3-9H,1-2H3. The van der Waals surface area contributed by atoms with Crippen LogP contribution in [0.5, 0.6) is 0 Å². The van der Waals surface area contributed by atoms with E-state index in [4.69, 9.17) is 0 Å². The second-order valence-electron chi connectivity index (χ2n) is 4.45. The minimum atomic E-state index is -0.471. The van der Waals surface area contributed by atoms with E-state index < -0.39 is 4.92 Å². The van der Waals surface area contributed by atoms with Crippen LogP contribution in [0.15, 0.2) is 42.5 Å². The van der Waals surface area contributed by atoms with E-state index >= 15 is 0 Å². The summed E-state index contributed by atoms with van der Waals surface area (Å²) in [6, 6.07) is 11.7.